The molecule has 5 nitrogen and oxygen atoms in total. The Labute approximate surface area is 123 Å². The summed E-state index contributed by atoms with van der Waals surface area (Å²) >= 11 is 5.94. The van der Waals surface area contributed by atoms with Crippen LogP contribution < -0.4 is 5.32 Å². The standard InChI is InChI=1S/C14H20ClN5/c1-11(19-7-3-2-4-8-19)9-16-14-17-13-6-5-12(15)10-20(13)18-14/h5-6,10-11H,2-4,7-9H2,1H3,(H,16,18). The minimum atomic E-state index is 0.505. The number of halogens is 1. The predicted molar refractivity (Wildman–Crippen MR) is 81.4 cm³/mol. The van der Waals surface area contributed by atoms with E-state index in [4.69, 9.17) is 11.6 Å². The second-order valence-electron chi connectivity index (χ2n) is 5.41. The van der Waals surface area contributed by atoms with Crippen LogP contribution in [0.2, 0.25) is 5.02 Å². The molecule has 1 aliphatic rings. The van der Waals surface area contributed by atoms with E-state index in [1.54, 1.807) is 10.7 Å². The fourth-order valence-electron chi connectivity index (χ4n) is 2.66. The summed E-state index contributed by atoms with van der Waals surface area (Å²) in [5.41, 5.74) is 0.808. The molecule has 3 rings (SSSR count). The molecule has 1 N–H and O–H groups in total. The van der Waals surface area contributed by atoms with E-state index < -0.39 is 0 Å². The minimum Gasteiger partial charge on any atom is -0.351 e. The molecule has 6 heteroatoms. The molecule has 108 valence electrons. The third-order valence-electron chi connectivity index (χ3n) is 3.86. The summed E-state index contributed by atoms with van der Waals surface area (Å²) in [5, 5.41) is 8.37. The van der Waals surface area contributed by atoms with E-state index in [2.05, 4.69) is 27.2 Å². The quantitative estimate of drug-likeness (QED) is 0.941. The fraction of sp³-hybridized carbons (Fsp3) is 0.571. The number of likely N-dealkylation sites (tertiary alicyclic amines) is 1. The number of hydrogen-bond donors (Lipinski definition) is 1. The lowest BCUT2D eigenvalue weighted by Crippen LogP contribution is -2.41. The van der Waals surface area contributed by atoms with Crippen LogP contribution in [0.3, 0.4) is 0 Å². The van der Waals surface area contributed by atoms with Gasteiger partial charge in [-0.1, -0.05) is 18.0 Å². The Morgan fingerprint density at radius 1 is 1.30 bits per heavy atom. The van der Waals surface area contributed by atoms with Crippen LogP contribution >= 0.6 is 11.6 Å². The van der Waals surface area contributed by atoms with Gasteiger partial charge in [-0.25, -0.2) is 4.52 Å². The zero-order valence-corrected chi connectivity index (χ0v) is 12.5. The Morgan fingerprint density at radius 2 is 2.10 bits per heavy atom. The number of pyridine rings is 1. The van der Waals surface area contributed by atoms with Gasteiger partial charge in [0, 0.05) is 18.8 Å². The highest BCUT2D eigenvalue weighted by atomic mass is 35.5. The van der Waals surface area contributed by atoms with Crippen LogP contribution in [0.1, 0.15) is 26.2 Å². The Morgan fingerprint density at radius 3 is 2.90 bits per heavy atom. The van der Waals surface area contributed by atoms with E-state index in [9.17, 15) is 0 Å². The SMILES string of the molecule is CC(CNc1nc2ccc(Cl)cn2n1)N1CCCCC1. The van der Waals surface area contributed by atoms with Crippen molar-refractivity contribution in [2.45, 2.75) is 32.2 Å². The molecule has 2 aromatic rings. The number of anilines is 1. The maximum absolute atomic E-state index is 5.94. The van der Waals surface area contributed by atoms with Crippen LogP contribution in [0.15, 0.2) is 18.3 Å². The van der Waals surface area contributed by atoms with Crippen LogP contribution in [0, 0.1) is 0 Å². The Balaban J connectivity index is 1.61. The van der Waals surface area contributed by atoms with E-state index in [-0.39, 0.29) is 0 Å². The van der Waals surface area contributed by atoms with Crippen LogP contribution in [-0.2, 0) is 0 Å². The molecule has 0 amide bonds. The van der Waals surface area contributed by atoms with Crippen molar-refractivity contribution in [3.63, 3.8) is 0 Å². The third-order valence-corrected chi connectivity index (χ3v) is 4.09. The van der Waals surface area contributed by atoms with Gasteiger partial charge in [0.05, 0.1) is 5.02 Å². The monoisotopic (exact) mass is 293 g/mol. The first kappa shape index (κ1) is 13.6. The largest absolute Gasteiger partial charge is 0.351 e. The second-order valence-corrected chi connectivity index (χ2v) is 5.85. The normalized spacial score (nSPS) is 18.3. The number of fused-ring (bicyclic) bond motifs is 1. The van der Waals surface area contributed by atoms with Crippen molar-refractivity contribution >= 4 is 23.2 Å². The van der Waals surface area contributed by atoms with Gasteiger partial charge in [0.15, 0.2) is 5.65 Å². The molecule has 1 atom stereocenters. The lowest BCUT2D eigenvalue weighted by molar-refractivity contribution is 0.180. The van der Waals surface area contributed by atoms with Crippen molar-refractivity contribution in [2.75, 3.05) is 25.0 Å². The highest BCUT2D eigenvalue weighted by Crippen LogP contribution is 2.14. The van der Waals surface area contributed by atoms with Crippen molar-refractivity contribution in [1.29, 1.82) is 0 Å². The predicted octanol–water partition coefficient (Wildman–Crippen LogP) is 2.67. The average Bonchev–Trinajstić information content (AvgIpc) is 2.87. The summed E-state index contributed by atoms with van der Waals surface area (Å²) < 4.78 is 1.70. The molecule has 0 aromatic carbocycles. The van der Waals surface area contributed by atoms with E-state index in [1.165, 1.54) is 32.4 Å². The van der Waals surface area contributed by atoms with Gasteiger partial charge in [-0.15, -0.1) is 5.10 Å². The molecular weight excluding hydrogens is 274 g/mol. The number of nitrogens with zero attached hydrogens (tertiary/aromatic N) is 4. The van der Waals surface area contributed by atoms with Crippen molar-refractivity contribution in [1.82, 2.24) is 19.5 Å². The van der Waals surface area contributed by atoms with Crippen molar-refractivity contribution in [3.8, 4) is 0 Å². The number of rotatable bonds is 4. The molecule has 1 saturated heterocycles. The van der Waals surface area contributed by atoms with Crippen LogP contribution in [-0.4, -0.2) is 45.2 Å². The first-order chi connectivity index (χ1) is 9.72. The van der Waals surface area contributed by atoms with Gasteiger partial charge >= 0.3 is 0 Å². The second kappa shape index (κ2) is 5.97. The Kier molecular flexibility index (Phi) is 4.08. The molecule has 0 spiro atoms. The molecule has 0 radical (unpaired) electrons. The third kappa shape index (κ3) is 3.04. The molecule has 20 heavy (non-hydrogen) atoms. The topological polar surface area (TPSA) is 45.5 Å². The van der Waals surface area contributed by atoms with Crippen molar-refractivity contribution in [3.05, 3.63) is 23.4 Å². The highest BCUT2D eigenvalue weighted by Gasteiger charge is 2.16. The van der Waals surface area contributed by atoms with E-state index >= 15 is 0 Å². The number of hydrogen-bond acceptors (Lipinski definition) is 4. The van der Waals surface area contributed by atoms with Gasteiger partial charge in [0.1, 0.15) is 0 Å². The molecule has 1 unspecified atom stereocenters. The first-order valence-electron chi connectivity index (χ1n) is 7.22. The maximum atomic E-state index is 5.94. The molecule has 0 saturated carbocycles. The van der Waals surface area contributed by atoms with Crippen molar-refractivity contribution < 1.29 is 0 Å². The number of aromatic nitrogens is 3. The summed E-state index contributed by atoms with van der Waals surface area (Å²) in [7, 11) is 0. The minimum absolute atomic E-state index is 0.505. The van der Waals surface area contributed by atoms with Gasteiger partial charge in [0.2, 0.25) is 5.95 Å². The summed E-state index contributed by atoms with van der Waals surface area (Å²) in [5.74, 6) is 0.663. The molecule has 0 aliphatic carbocycles. The van der Waals surface area contributed by atoms with Gasteiger partial charge in [0.25, 0.3) is 0 Å². The van der Waals surface area contributed by atoms with Crippen LogP contribution in [0.5, 0.6) is 0 Å². The average molecular weight is 294 g/mol. The molecule has 1 aliphatic heterocycles. The molecule has 1 fully saturated rings. The van der Waals surface area contributed by atoms with Crippen LogP contribution in [0.4, 0.5) is 5.95 Å². The lowest BCUT2D eigenvalue weighted by Gasteiger charge is -2.32. The molecular formula is C14H20ClN5. The zero-order valence-electron chi connectivity index (χ0n) is 11.7. The molecule has 3 heterocycles. The first-order valence-corrected chi connectivity index (χ1v) is 7.60. The summed E-state index contributed by atoms with van der Waals surface area (Å²) in [4.78, 5) is 6.97. The van der Waals surface area contributed by atoms with E-state index in [1.807, 2.05) is 12.1 Å². The van der Waals surface area contributed by atoms with Gasteiger partial charge < -0.3 is 5.32 Å². The van der Waals surface area contributed by atoms with Crippen molar-refractivity contribution in [2.24, 2.45) is 0 Å². The maximum Gasteiger partial charge on any atom is 0.243 e. The molecule has 0 bridgehead atoms. The summed E-state index contributed by atoms with van der Waals surface area (Å²) in [6, 6.07) is 4.20. The lowest BCUT2D eigenvalue weighted by atomic mass is 10.1. The highest BCUT2D eigenvalue weighted by molar-refractivity contribution is 6.30. The Bertz CT molecular complexity index is 576. The Hall–Kier alpha value is -1.33. The number of piperidine rings is 1. The van der Waals surface area contributed by atoms with Crippen LogP contribution in [0.25, 0.3) is 5.65 Å². The van der Waals surface area contributed by atoms with Gasteiger partial charge in [-0.05, 0) is 45.0 Å². The van der Waals surface area contributed by atoms with E-state index in [0.29, 0.717) is 17.0 Å². The fourth-order valence-corrected chi connectivity index (χ4v) is 2.82. The summed E-state index contributed by atoms with van der Waals surface area (Å²) in [6.45, 7) is 5.53. The van der Waals surface area contributed by atoms with E-state index in [0.717, 1.165) is 12.2 Å². The summed E-state index contributed by atoms with van der Waals surface area (Å²) in [6.07, 6.45) is 5.76. The number of nitrogens with one attached hydrogen (secondary N) is 1. The smallest absolute Gasteiger partial charge is 0.243 e. The van der Waals surface area contributed by atoms with Gasteiger partial charge in [-0.3, -0.25) is 4.90 Å². The zero-order chi connectivity index (χ0) is 13.9. The van der Waals surface area contributed by atoms with Gasteiger partial charge in [-0.2, -0.15) is 4.98 Å². The molecule has 2 aromatic heterocycles.